The zero-order valence-electron chi connectivity index (χ0n) is 20.8. The molecule has 0 unspecified atom stereocenters. The lowest BCUT2D eigenvalue weighted by atomic mass is 9.70. The Morgan fingerprint density at radius 1 is 1.08 bits per heavy atom. The van der Waals surface area contributed by atoms with E-state index < -0.39 is 35.0 Å². The van der Waals surface area contributed by atoms with E-state index in [0.717, 1.165) is 32.4 Å². The summed E-state index contributed by atoms with van der Waals surface area (Å²) in [5.41, 5.74) is 0.0380. The number of rotatable bonds is 6. The van der Waals surface area contributed by atoms with Gasteiger partial charge in [-0.1, -0.05) is 24.3 Å². The molecule has 0 spiro atoms. The molecular weight excluding hydrogens is 493 g/mol. The van der Waals surface area contributed by atoms with Gasteiger partial charge in [-0.3, -0.25) is 24.5 Å². The standard InChI is InChI=1S/C27H27BF2N4O4/c28-26(10-9-22(35)32-24(26)37)34-16-18-13-17(7-8-21(18)23(34)36)15-31-25(38)27(29,30)19-5-4-6-20(14-19)33-11-2-1-3-12-33/h4-8,13-14H,1-3,9-12,15-16H2,(H,31,38)(H,32,35,37)/t26-/m0/s1. The van der Waals surface area contributed by atoms with Crippen LogP contribution in [0.4, 0.5) is 14.5 Å². The summed E-state index contributed by atoms with van der Waals surface area (Å²) in [6.07, 6.45) is 3.13. The van der Waals surface area contributed by atoms with Crippen LogP contribution >= 0.6 is 0 Å². The summed E-state index contributed by atoms with van der Waals surface area (Å²) in [5, 5.41) is 4.48. The highest BCUT2D eigenvalue weighted by Crippen LogP contribution is 2.34. The number of benzene rings is 2. The lowest BCUT2D eigenvalue weighted by molar-refractivity contribution is -0.147. The summed E-state index contributed by atoms with van der Waals surface area (Å²) in [4.78, 5) is 52.7. The Bertz CT molecular complexity index is 1310. The Morgan fingerprint density at radius 3 is 2.58 bits per heavy atom. The Labute approximate surface area is 220 Å². The molecule has 2 saturated heterocycles. The van der Waals surface area contributed by atoms with Crippen molar-refractivity contribution in [2.45, 2.75) is 56.6 Å². The molecule has 38 heavy (non-hydrogen) atoms. The van der Waals surface area contributed by atoms with Gasteiger partial charge >= 0.3 is 5.92 Å². The summed E-state index contributed by atoms with van der Waals surface area (Å²) in [6, 6.07) is 10.6. The van der Waals surface area contributed by atoms with E-state index in [4.69, 9.17) is 7.85 Å². The van der Waals surface area contributed by atoms with Crippen molar-refractivity contribution in [3.8, 4) is 0 Å². The Morgan fingerprint density at radius 2 is 1.84 bits per heavy atom. The third kappa shape index (κ3) is 4.65. The predicted molar refractivity (Wildman–Crippen MR) is 135 cm³/mol. The molecule has 2 aromatic carbocycles. The van der Waals surface area contributed by atoms with Crippen molar-refractivity contribution in [1.82, 2.24) is 15.5 Å². The van der Waals surface area contributed by atoms with Crippen molar-refractivity contribution >= 4 is 37.2 Å². The Kier molecular flexibility index (Phi) is 6.71. The van der Waals surface area contributed by atoms with Gasteiger partial charge in [-0.05, 0) is 55.0 Å². The molecule has 2 fully saturated rings. The van der Waals surface area contributed by atoms with Crippen molar-refractivity contribution < 1.29 is 28.0 Å². The molecule has 3 aliphatic rings. The molecule has 8 nitrogen and oxygen atoms in total. The van der Waals surface area contributed by atoms with Crippen molar-refractivity contribution in [3.05, 3.63) is 64.7 Å². The van der Waals surface area contributed by atoms with Crippen LogP contribution in [0.25, 0.3) is 0 Å². The first kappa shape index (κ1) is 25.9. The fourth-order valence-electron chi connectivity index (χ4n) is 5.25. The van der Waals surface area contributed by atoms with Crippen LogP contribution in [0.5, 0.6) is 0 Å². The predicted octanol–water partition coefficient (Wildman–Crippen LogP) is 2.34. The largest absolute Gasteiger partial charge is 0.372 e. The number of amides is 4. The number of carbonyl (C=O) groups is 4. The van der Waals surface area contributed by atoms with E-state index in [2.05, 4.69) is 15.5 Å². The number of carbonyl (C=O) groups excluding carboxylic acids is 4. The maximum atomic E-state index is 15.1. The number of alkyl halides is 2. The van der Waals surface area contributed by atoms with E-state index in [1.165, 1.54) is 29.2 Å². The molecule has 3 aliphatic heterocycles. The van der Waals surface area contributed by atoms with Gasteiger partial charge in [0, 0.05) is 49.4 Å². The first-order chi connectivity index (χ1) is 18.1. The maximum absolute atomic E-state index is 15.1. The number of imide groups is 1. The van der Waals surface area contributed by atoms with Crippen LogP contribution in [0.15, 0.2) is 42.5 Å². The normalized spacial score (nSPS) is 21.8. The van der Waals surface area contributed by atoms with Crippen LogP contribution in [0, 0.1) is 0 Å². The Balaban J connectivity index is 1.26. The second kappa shape index (κ2) is 9.85. The van der Waals surface area contributed by atoms with Crippen LogP contribution in [-0.4, -0.2) is 54.9 Å². The molecule has 2 N–H and O–H groups in total. The molecule has 4 amide bonds. The monoisotopic (exact) mass is 520 g/mol. The smallest absolute Gasteiger partial charge is 0.349 e. The second-order valence-corrected chi connectivity index (χ2v) is 10.0. The van der Waals surface area contributed by atoms with Gasteiger partial charge in [-0.25, -0.2) is 0 Å². The molecule has 0 aromatic heterocycles. The molecule has 196 valence electrons. The van der Waals surface area contributed by atoms with E-state index in [1.54, 1.807) is 18.2 Å². The summed E-state index contributed by atoms with van der Waals surface area (Å²) in [7, 11) is 6.24. The van der Waals surface area contributed by atoms with Crippen LogP contribution in [0.3, 0.4) is 0 Å². The third-order valence-electron chi connectivity index (χ3n) is 7.50. The fourth-order valence-corrected chi connectivity index (χ4v) is 5.25. The van der Waals surface area contributed by atoms with E-state index in [1.807, 2.05) is 0 Å². The van der Waals surface area contributed by atoms with Crippen LogP contribution < -0.4 is 15.5 Å². The minimum Gasteiger partial charge on any atom is -0.372 e. The lowest BCUT2D eigenvalue weighted by Gasteiger charge is -2.40. The zero-order chi connectivity index (χ0) is 27.1. The molecule has 5 rings (SSSR count). The lowest BCUT2D eigenvalue weighted by Crippen LogP contribution is -2.63. The highest BCUT2D eigenvalue weighted by molar-refractivity contribution is 6.32. The summed E-state index contributed by atoms with van der Waals surface area (Å²) < 4.78 is 30.2. The molecule has 3 heterocycles. The molecule has 11 heteroatoms. The number of nitrogens with zero attached hydrogens (tertiary/aromatic N) is 2. The molecule has 2 aromatic rings. The topological polar surface area (TPSA) is 98.8 Å². The number of nitrogens with one attached hydrogen (secondary N) is 2. The molecule has 1 atom stereocenters. The van der Waals surface area contributed by atoms with Crippen molar-refractivity contribution in [1.29, 1.82) is 0 Å². The Hall–Kier alpha value is -3.76. The minimum absolute atomic E-state index is 0.00560. The number of anilines is 1. The van der Waals surface area contributed by atoms with E-state index >= 15 is 8.78 Å². The summed E-state index contributed by atoms with van der Waals surface area (Å²) in [5.74, 6) is -6.80. The van der Waals surface area contributed by atoms with Gasteiger partial charge in [0.25, 0.3) is 11.8 Å². The first-order valence-electron chi connectivity index (χ1n) is 12.7. The highest BCUT2D eigenvalue weighted by Gasteiger charge is 2.48. The van der Waals surface area contributed by atoms with Gasteiger partial charge in [0.15, 0.2) is 0 Å². The van der Waals surface area contributed by atoms with Gasteiger partial charge < -0.3 is 15.1 Å². The van der Waals surface area contributed by atoms with E-state index in [0.29, 0.717) is 22.4 Å². The SMILES string of the molecule is [B][C@]1(N2Cc3cc(CNC(=O)C(F)(F)c4cccc(N5CCCCC5)c4)ccc3C2=O)CCC(=O)NC1=O. The number of halogens is 2. The second-order valence-electron chi connectivity index (χ2n) is 10.0. The van der Waals surface area contributed by atoms with E-state index in [9.17, 15) is 19.2 Å². The summed E-state index contributed by atoms with van der Waals surface area (Å²) >= 11 is 0. The van der Waals surface area contributed by atoms with Gasteiger partial charge in [0.2, 0.25) is 11.8 Å². The van der Waals surface area contributed by atoms with Gasteiger partial charge in [0.1, 0.15) is 7.85 Å². The quantitative estimate of drug-likeness (QED) is 0.450. The number of fused-ring (bicyclic) bond motifs is 1. The van der Waals surface area contributed by atoms with Crippen molar-refractivity contribution in [2.24, 2.45) is 0 Å². The molecule has 0 aliphatic carbocycles. The molecule has 0 bridgehead atoms. The molecule has 0 saturated carbocycles. The van der Waals surface area contributed by atoms with Crippen LogP contribution in [0.1, 0.15) is 59.2 Å². The zero-order valence-corrected chi connectivity index (χ0v) is 20.8. The number of piperidine rings is 2. The average Bonchev–Trinajstić information content (AvgIpc) is 3.26. The first-order valence-corrected chi connectivity index (χ1v) is 12.7. The average molecular weight is 520 g/mol. The van der Waals surface area contributed by atoms with Gasteiger partial charge in [0.05, 0.1) is 5.44 Å². The summed E-state index contributed by atoms with van der Waals surface area (Å²) in [6.45, 7) is 1.44. The maximum Gasteiger partial charge on any atom is 0.349 e. The van der Waals surface area contributed by atoms with Crippen LogP contribution in [-0.2, 0) is 33.4 Å². The molecular formula is C27H27BF2N4O4. The van der Waals surface area contributed by atoms with Crippen molar-refractivity contribution in [3.63, 3.8) is 0 Å². The van der Waals surface area contributed by atoms with Gasteiger partial charge in [-0.2, -0.15) is 8.78 Å². The molecule has 2 radical (unpaired) electrons. The fraction of sp³-hybridized carbons (Fsp3) is 0.407. The third-order valence-corrected chi connectivity index (χ3v) is 7.50. The van der Waals surface area contributed by atoms with Crippen LogP contribution in [0.2, 0.25) is 0 Å². The van der Waals surface area contributed by atoms with Crippen molar-refractivity contribution in [2.75, 3.05) is 18.0 Å². The highest BCUT2D eigenvalue weighted by atomic mass is 19.3. The van der Waals surface area contributed by atoms with Gasteiger partial charge in [-0.15, -0.1) is 0 Å². The van der Waals surface area contributed by atoms with E-state index in [-0.39, 0.29) is 31.5 Å². The number of hydrogen-bond acceptors (Lipinski definition) is 5. The number of hydrogen-bond donors (Lipinski definition) is 2. The minimum atomic E-state index is -3.73.